The van der Waals surface area contributed by atoms with Crippen molar-refractivity contribution in [3.05, 3.63) is 29.8 Å². The Morgan fingerprint density at radius 2 is 1.72 bits per heavy atom. The summed E-state index contributed by atoms with van der Waals surface area (Å²) in [5, 5.41) is 4.14. The Morgan fingerprint density at radius 3 is 2.22 bits per heavy atom. The van der Waals surface area contributed by atoms with Crippen molar-refractivity contribution in [1.82, 2.24) is 5.32 Å². The molecule has 6 heteroatoms. The van der Waals surface area contributed by atoms with Crippen LogP contribution in [-0.4, -0.2) is 36.3 Å². The second-order valence-electron chi connectivity index (χ2n) is 4.00. The van der Waals surface area contributed by atoms with Gasteiger partial charge in [0.05, 0.1) is 6.17 Å². The first-order valence-electron chi connectivity index (χ1n) is 5.82. The standard InChI is InChI=1S/C12H22N2O3Si/c1-10(13)14-9-11-7-5-6-8-12(11)18(15-2,16-3)17-4/h5-8,10,14H,9,13H2,1-4H3. The molecule has 0 radical (unpaired) electrons. The van der Waals surface area contributed by atoms with E-state index in [1.165, 1.54) is 0 Å². The van der Waals surface area contributed by atoms with Crippen LogP contribution in [0, 0.1) is 0 Å². The van der Waals surface area contributed by atoms with Crippen LogP contribution in [0.1, 0.15) is 12.5 Å². The van der Waals surface area contributed by atoms with Crippen molar-refractivity contribution in [3.63, 3.8) is 0 Å². The van der Waals surface area contributed by atoms with Crippen LogP contribution in [0.15, 0.2) is 24.3 Å². The van der Waals surface area contributed by atoms with E-state index in [0.29, 0.717) is 6.54 Å². The Hall–Kier alpha value is -0.763. The molecule has 0 bridgehead atoms. The first kappa shape index (κ1) is 15.3. The zero-order valence-corrected chi connectivity index (χ0v) is 12.4. The average Bonchev–Trinajstić information content (AvgIpc) is 2.40. The molecule has 0 heterocycles. The van der Waals surface area contributed by atoms with E-state index in [1.807, 2.05) is 31.2 Å². The Bertz CT molecular complexity index is 362. The van der Waals surface area contributed by atoms with Crippen LogP contribution in [0.2, 0.25) is 0 Å². The van der Waals surface area contributed by atoms with Gasteiger partial charge in [0.25, 0.3) is 0 Å². The lowest BCUT2D eigenvalue weighted by atomic mass is 10.2. The van der Waals surface area contributed by atoms with Crippen LogP contribution in [0.25, 0.3) is 0 Å². The molecule has 0 saturated carbocycles. The predicted molar refractivity (Wildman–Crippen MR) is 73.3 cm³/mol. The smallest absolute Gasteiger partial charge is 0.373 e. The highest BCUT2D eigenvalue weighted by Gasteiger charge is 2.42. The van der Waals surface area contributed by atoms with Gasteiger partial charge in [0.15, 0.2) is 0 Å². The van der Waals surface area contributed by atoms with Gasteiger partial charge in [-0.3, -0.25) is 5.32 Å². The topological polar surface area (TPSA) is 65.7 Å². The predicted octanol–water partition coefficient (Wildman–Crippen LogP) is 0.166. The Balaban J connectivity index is 3.06. The fourth-order valence-corrected chi connectivity index (χ4v) is 3.85. The average molecular weight is 270 g/mol. The van der Waals surface area contributed by atoms with Crippen molar-refractivity contribution in [2.24, 2.45) is 5.73 Å². The third-order valence-electron chi connectivity index (χ3n) is 2.77. The molecule has 0 aliphatic carbocycles. The minimum Gasteiger partial charge on any atom is -0.373 e. The normalized spacial score (nSPS) is 13.6. The van der Waals surface area contributed by atoms with E-state index in [0.717, 1.165) is 10.8 Å². The number of hydrogen-bond donors (Lipinski definition) is 2. The summed E-state index contributed by atoms with van der Waals surface area (Å²) in [6.45, 7) is 2.55. The molecule has 3 N–H and O–H groups in total. The fraction of sp³-hybridized carbons (Fsp3) is 0.500. The van der Waals surface area contributed by atoms with Crippen molar-refractivity contribution in [1.29, 1.82) is 0 Å². The maximum atomic E-state index is 5.70. The van der Waals surface area contributed by atoms with Crippen LogP contribution < -0.4 is 16.2 Å². The molecule has 102 valence electrons. The monoisotopic (exact) mass is 270 g/mol. The molecule has 1 atom stereocenters. The van der Waals surface area contributed by atoms with Crippen LogP contribution in [0.4, 0.5) is 0 Å². The van der Waals surface area contributed by atoms with E-state index in [1.54, 1.807) is 21.3 Å². The van der Waals surface area contributed by atoms with Gasteiger partial charge < -0.3 is 19.0 Å². The molecule has 1 aromatic carbocycles. The molecule has 0 aliphatic heterocycles. The molecule has 0 aliphatic rings. The summed E-state index contributed by atoms with van der Waals surface area (Å²) in [6, 6.07) is 7.91. The van der Waals surface area contributed by atoms with Crippen molar-refractivity contribution in [3.8, 4) is 0 Å². The van der Waals surface area contributed by atoms with E-state index in [-0.39, 0.29) is 6.17 Å². The van der Waals surface area contributed by atoms with E-state index in [4.69, 9.17) is 19.0 Å². The largest absolute Gasteiger partial charge is 0.536 e. The van der Waals surface area contributed by atoms with Crippen molar-refractivity contribution < 1.29 is 13.3 Å². The maximum Gasteiger partial charge on any atom is 0.536 e. The highest BCUT2D eigenvalue weighted by Crippen LogP contribution is 2.10. The Kier molecular flexibility index (Phi) is 5.93. The fourth-order valence-electron chi connectivity index (χ4n) is 1.82. The lowest BCUT2D eigenvalue weighted by molar-refractivity contribution is 0.140. The zero-order chi connectivity index (χ0) is 13.6. The minimum atomic E-state index is -2.79. The van der Waals surface area contributed by atoms with Crippen molar-refractivity contribution >= 4 is 14.0 Å². The summed E-state index contributed by atoms with van der Waals surface area (Å²) < 4.78 is 16.5. The number of nitrogens with two attached hydrogens (primary N) is 1. The first-order valence-corrected chi connectivity index (χ1v) is 7.55. The van der Waals surface area contributed by atoms with E-state index < -0.39 is 8.80 Å². The number of hydrogen-bond acceptors (Lipinski definition) is 5. The van der Waals surface area contributed by atoms with Gasteiger partial charge in [-0.05, 0) is 12.5 Å². The molecule has 1 rings (SSSR count). The molecule has 0 spiro atoms. The summed E-state index contributed by atoms with van der Waals surface area (Å²) in [6.07, 6.45) is -0.0678. The summed E-state index contributed by atoms with van der Waals surface area (Å²) in [4.78, 5) is 0. The number of benzene rings is 1. The quantitative estimate of drug-likeness (QED) is 0.546. The van der Waals surface area contributed by atoms with Gasteiger partial charge in [-0.25, -0.2) is 0 Å². The van der Waals surface area contributed by atoms with Gasteiger partial charge in [-0.15, -0.1) is 0 Å². The molecule has 0 fully saturated rings. The number of nitrogens with one attached hydrogen (secondary N) is 1. The second-order valence-corrected chi connectivity index (χ2v) is 6.87. The third-order valence-corrected chi connectivity index (χ3v) is 5.53. The minimum absolute atomic E-state index is 0.0678. The molecule has 0 saturated heterocycles. The van der Waals surface area contributed by atoms with Crippen LogP contribution in [-0.2, 0) is 19.8 Å². The summed E-state index contributed by atoms with van der Waals surface area (Å²) >= 11 is 0. The van der Waals surface area contributed by atoms with Gasteiger partial charge in [0, 0.05) is 33.1 Å². The van der Waals surface area contributed by atoms with E-state index in [9.17, 15) is 0 Å². The van der Waals surface area contributed by atoms with Crippen LogP contribution in [0.3, 0.4) is 0 Å². The summed E-state index contributed by atoms with van der Waals surface area (Å²) in [5.41, 5.74) is 6.78. The third kappa shape index (κ3) is 3.38. The molecule has 0 aromatic heterocycles. The Labute approximate surface area is 110 Å². The van der Waals surface area contributed by atoms with Gasteiger partial charge >= 0.3 is 8.80 Å². The highest BCUT2D eigenvalue weighted by molar-refractivity contribution is 6.75. The van der Waals surface area contributed by atoms with Gasteiger partial charge in [0.1, 0.15) is 0 Å². The lowest BCUT2D eigenvalue weighted by Gasteiger charge is -2.27. The summed E-state index contributed by atoms with van der Waals surface area (Å²) in [5.74, 6) is 0. The molecule has 1 aromatic rings. The molecular formula is C12H22N2O3Si. The molecule has 1 unspecified atom stereocenters. The molecular weight excluding hydrogens is 248 g/mol. The Morgan fingerprint density at radius 1 is 1.17 bits per heavy atom. The lowest BCUT2D eigenvalue weighted by Crippen LogP contribution is -2.56. The highest BCUT2D eigenvalue weighted by atomic mass is 28.4. The summed E-state index contributed by atoms with van der Waals surface area (Å²) in [7, 11) is 2.03. The van der Waals surface area contributed by atoms with Gasteiger partial charge in [-0.2, -0.15) is 0 Å². The van der Waals surface area contributed by atoms with Crippen LogP contribution in [0.5, 0.6) is 0 Å². The second kappa shape index (κ2) is 6.98. The molecule has 5 nitrogen and oxygen atoms in total. The van der Waals surface area contributed by atoms with E-state index >= 15 is 0 Å². The van der Waals surface area contributed by atoms with Crippen molar-refractivity contribution in [2.75, 3.05) is 21.3 Å². The van der Waals surface area contributed by atoms with Gasteiger partial charge in [0.2, 0.25) is 0 Å². The number of rotatable bonds is 7. The molecule has 0 amide bonds. The zero-order valence-electron chi connectivity index (χ0n) is 11.4. The molecule has 18 heavy (non-hydrogen) atoms. The first-order chi connectivity index (χ1) is 8.59. The van der Waals surface area contributed by atoms with Crippen LogP contribution >= 0.6 is 0 Å². The van der Waals surface area contributed by atoms with Gasteiger partial charge in [-0.1, -0.05) is 24.3 Å². The van der Waals surface area contributed by atoms with Crippen molar-refractivity contribution in [2.45, 2.75) is 19.6 Å². The SMILES string of the molecule is CO[Si](OC)(OC)c1ccccc1CNC(C)N. The maximum absolute atomic E-state index is 5.70. The van der Waals surface area contributed by atoms with E-state index in [2.05, 4.69) is 5.32 Å².